The van der Waals surface area contributed by atoms with Gasteiger partial charge in [0.05, 0.1) is 6.61 Å². The molecule has 1 aromatic rings. The van der Waals surface area contributed by atoms with Gasteiger partial charge in [-0.05, 0) is 42.7 Å². The van der Waals surface area contributed by atoms with Crippen molar-refractivity contribution in [3.8, 4) is 11.8 Å². The van der Waals surface area contributed by atoms with Gasteiger partial charge in [-0.2, -0.15) is 5.26 Å². The monoisotopic (exact) mass is 287 g/mol. The Morgan fingerprint density at radius 1 is 1.38 bits per heavy atom. The molecule has 0 aliphatic carbocycles. The molecule has 0 unspecified atom stereocenters. The second-order valence-corrected chi connectivity index (χ2v) is 4.91. The lowest BCUT2D eigenvalue weighted by atomic mass is 10.1. The number of benzene rings is 1. The van der Waals surface area contributed by atoms with Crippen LogP contribution in [0.15, 0.2) is 23.8 Å². The predicted molar refractivity (Wildman–Crippen MR) is 81.5 cm³/mol. The number of esters is 1. The summed E-state index contributed by atoms with van der Waals surface area (Å²) in [6.07, 6.45) is 5.56. The fourth-order valence-electron chi connectivity index (χ4n) is 1.89. The van der Waals surface area contributed by atoms with Crippen LogP contribution in [0.5, 0.6) is 5.75 Å². The number of unbranched alkanes of at least 4 members (excludes halogenated alkanes) is 3. The van der Waals surface area contributed by atoms with E-state index < -0.39 is 5.97 Å². The van der Waals surface area contributed by atoms with Crippen LogP contribution in [0.25, 0.3) is 6.08 Å². The first-order valence-corrected chi connectivity index (χ1v) is 7.17. The molecule has 0 bridgehead atoms. The zero-order valence-electron chi connectivity index (χ0n) is 12.6. The highest BCUT2D eigenvalue weighted by Gasteiger charge is 2.11. The number of carbonyl (C=O) groups is 1. The minimum atomic E-state index is -0.596. The number of aromatic hydroxyl groups is 1. The Hall–Kier alpha value is -2.28. The van der Waals surface area contributed by atoms with Gasteiger partial charge in [0, 0.05) is 0 Å². The third-order valence-corrected chi connectivity index (χ3v) is 3.12. The van der Waals surface area contributed by atoms with Gasteiger partial charge >= 0.3 is 5.97 Å². The van der Waals surface area contributed by atoms with Crippen LogP contribution in [-0.2, 0) is 9.53 Å². The topological polar surface area (TPSA) is 70.3 Å². The second-order valence-electron chi connectivity index (χ2n) is 4.91. The summed E-state index contributed by atoms with van der Waals surface area (Å²) >= 11 is 0. The largest absolute Gasteiger partial charge is 0.508 e. The van der Waals surface area contributed by atoms with Crippen molar-refractivity contribution in [1.82, 2.24) is 0 Å². The van der Waals surface area contributed by atoms with Gasteiger partial charge in [-0.1, -0.05) is 32.3 Å². The average Bonchev–Trinajstić information content (AvgIpc) is 2.46. The van der Waals surface area contributed by atoms with Crippen molar-refractivity contribution in [3.05, 3.63) is 34.9 Å². The number of nitriles is 1. The van der Waals surface area contributed by atoms with Crippen LogP contribution in [-0.4, -0.2) is 17.7 Å². The molecule has 1 rings (SSSR count). The van der Waals surface area contributed by atoms with Crippen LogP contribution >= 0.6 is 0 Å². The van der Waals surface area contributed by atoms with Crippen LogP contribution in [0.1, 0.15) is 43.7 Å². The van der Waals surface area contributed by atoms with E-state index in [1.165, 1.54) is 12.1 Å². The van der Waals surface area contributed by atoms with E-state index in [1.807, 2.05) is 6.07 Å². The number of hydrogen-bond donors (Lipinski definition) is 1. The first-order valence-electron chi connectivity index (χ1n) is 7.17. The highest BCUT2D eigenvalue weighted by Crippen LogP contribution is 2.18. The lowest BCUT2D eigenvalue weighted by Gasteiger charge is -2.05. The third-order valence-electron chi connectivity index (χ3n) is 3.12. The van der Waals surface area contributed by atoms with E-state index in [4.69, 9.17) is 10.00 Å². The Kier molecular flexibility index (Phi) is 7.03. The van der Waals surface area contributed by atoms with E-state index >= 15 is 0 Å². The molecule has 0 atom stereocenters. The molecular weight excluding hydrogens is 266 g/mol. The van der Waals surface area contributed by atoms with Crippen LogP contribution in [0.2, 0.25) is 0 Å². The van der Waals surface area contributed by atoms with Gasteiger partial charge in [0.15, 0.2) is 0 Å². The molecule has 1 N–H and O–H groups in total. The number of phenols is 1. The summed E-state index contributed by atoms with van der Waals surface area (Å²) in [4.78, 5) is 11.8. The van der Waals surface area contributed by atoms with Crippen molar-refractivity contribution in [3.63, 3.8) is 0 Å². The van der Waals surface area contributed by atoms with E-state index in [0.29, 0.717) is 12.2 Å². The summed E-state index contributed by atoms with van der Waals surface area (Å²) in [5, 5.41) is 18.4. The normalized spacial score (nSPS) is 11.0. The van der Waals surface area contributed by atoms with Crippen LogP contribution in [0.3, 0.4) is 0 Å². The molecule has 0 heterocycles. The van der Waals surface area contributed by atoms with Crippen LogP contribution in [0, 0.1) is 18.3 Å². The Bertz CT molecular complexity index is 556. The second kappa shape index (κ2) is 8.80. The molecule has 0 aromatic heterocycles. The first kappa shape index (κ1) is 16.8. The summed E-state index contributed by atoms with van der Waals surface area (Å²) in [5.41, 5.74) is 1.48. The van der Waals surface area contributed by atoms with Gasteiger partial charge < -0.3 is 9.84 Å². The lowest BCUT2D eigenvalue weighted by Crippen LogP contribution is -2.08. The molecule has 0 spiro atoms. The number of phenolic OH excluding ortho intramolecular Hbond substituents is 1. The van der Waals surface area contributed by atoms with E-state index in [-0.39, 0.29) is 11.3 Å². The number of aryl methyl sites for hydroxylation is 1. The standard InChI is InChI=1S/C17H21NO3/c1-3-4-5-6-9-21-17(20)15(12-18)11-14-7-8-16(19)10-13(14)2/h7-8,10-11,19H,3-6,9H2,1-2H3/b15-11+. The van der Waals surface area contributed by atoms with Crippen molar-refractivity contribution in [1.29, 1.82) is 5.26 Å². The van der Waals surface area contributed by atoms with Gasteiger partial charge in [0.25, 0.3) is 0 Å². The quantitative estimate of drug-likeness (QED) is 0.359. The predicted octanol–water partition coefficient (Wildman–Crippen LogP) is 3.73. The zero-order valence-corrected chi connectivity index (χ0v) is 12.6. The molecule has 0 amide bonds. The third kappa shape index (κ3) is 5.70. The fourth-order valence-corrected chi connectivity index (χ4v) is 1.89. The molecule has 0 aliphatic heterocycles. The maximum Gasteiger partial charge on any atom is 0.348 e. The minimum absolute atomic E-state index is 0.0284. The Labute approximate surface area is 125 Å². The molecule has 0 saturated heterocycles. The van der Waals surface area contributed by atoms with Crippen molar-refractivity contribution >= 4 is 12.0 Å². The molecule has 1 aromatic carbocycles. The smallest absolute Gasteiger partial charge is 0.348 e. The van der Waals surface area contributed by atoms with E-state index in [1.54, 1.807) is 19.1 Å². The van der Waals surface area contributed by atoms with E-state index in [9.17, 15) is 9.90 Å². The summed E-state index contributed by atoms with van der Waals surface area (Å²) < 4.78 is 5.10. The molecule has 21 heavy (non-hydrogen) atoms. The van der Waals surface area contributed by atoms with E-state index in [2.05, 4.69) is 6.92 Å². The van der Waals surface area contributed by atoms with Crippen molar-refractivity contribution in [2.24, 2.45) is 0 Å². The number of carbonyl (C=O) groups excluding carboxylic acids is 1. The number of nitrogens with zero attached hydrogens (tertiary/aromatic N) is 1. The van der Waals surface area contributed by atoms with Gasteiger partial charge in [-0.15, -0.1) is 0 Å². The summed E-state index contributed by atoms with van der Waals surface area (Å²) in [7, 11) is 0. The molecule has 0 saturated carbocycles. The highest BCUT2D eigenvalue weighted by molar-refractivity contribution is 5.98. The Balaban J connectivity index is 2.67. The Morgan fingerprint density at radius 2 is 2.14 bits per heavy atom. The number of rotatable bonds is 7. The van der Waals surface area contributed by atoms with E-state index in [0.717, 1.165) is 31.2 Å². The molecular formula is C17H21NO3. The summed E-state index contributed by atoms with van der Waals surface area (Å²) in [5.74, 6) is -0.442. The molecule has 4 nitrogen and oxygen atoms in total. The molecule has 112 valence electrons. The molecule has 0 aliphatic rings. The van der Waals surface area contributed by atoms with Crippen LogP contribution in [0.4, 0.5) is 0 Å². The first-order chi connectivity index (χ1) is 10.1. The fraction of sp³-hybridized carbons (Fsp3) is 0.412. The number of ether oxygens (including phenoxy) is 1. The van der Waals surface area contributed by atoms with Gasteiger partial charge in [-0.3, -0.25) is 0 Å². The summed E-state index contributed by atoms with van der Waals surface area (Å²) in [6.45, 7) is 4.26. The summed E-state index contributed by atoms with van der Waals surface area (Å²) in [6, 6.07) is 6.63. The van der Waals surface area contributed by atoms with Gasteiger partial charge in [0.2, 0.25) is 0 Å². The average molecular weight is 287 g/mol. The maximum atomic E-state index is 11.8. The molecule has 0 fully saturated rings. The van der Waals surface area contributed by atoms with Crippen molar-refractivity contribution in [2.45, 2.75) is 39.5 Å². The minimum Gasteiger partial charge on any atom is -0.508 e. The molecule has 4 heteroatoms. The maximum absolute atomic E-state index is 11.8. The van der Waals surface area contributed by atoms with Gasteiger partial charge in [0.1, 0.15) is 17.4 Å². The SMILES string of the molecule is CCCCCCOC(=O)/C(C#N)=C/c1ccc(O)cc1C. The van der Waals surface area contributed by atoms with Gasteiger partial charge in [-0.25, -0.2) is 4.79 Å². The Morgan fingerprint density at radius 3 is 2.76 bits per heavy atom. The highest BCUT2D eigenvalue weighted by atomic mass is 16.5. The van der Waals surface area contributed by atoms with Crippen molar-refractivity contribution < 1.29 is 14.6 Å². The zero-order chi connectivity index (χ0) is 15.7. The lowest BCUT2D eigenvalue weighted by molar-refractivity contribution is -0.138. The molecule has 0 radical (unpaired) electrons. The van der Waals surface area contributed by atoms with Crippen molar-refractivity contribution in [2.75, 3.05) is 6.61 Å². The van der Waals surface area contributed by atoms with Crippen LogP contribution < -0.4 is 0 Å². The number of hydrogen-bond acceptors (Lipinski definition) is 4.